The van der Waals surface area contributed by atoms with Gasteiger partial charge in [-0.3, -0.25) is 9.69 Å². The van der Waals surface area contributed by atoms with Crippen molar-refractivity contribution in [1.82, 2.24) is 10.2 Å². The number of nitrogens with two attached hydrogens (primary N) is 1. The Hall–Kier alpha value is -1.43. The molecule has 1 amide bonds. The summed E-state index contributed by atoms with van der Waals surface area (Å²) in [5, 5.41) is 13.2. The summed E-state index contributed by atoms with van der Waals surface area (Å²) in [5.41, 5.74) is 6.62. The van der Waals surface area contributed by atoms with Crippen LogP contribution in [0.1, 0.15) is 19.4 Å². The number of piperazine rings is 1. The maximum atomic E-state index is 11.9. The normalized spacial score (nSPS) is 21.6. The highest BCUT2D eigenvalue weighted by Crippen LogP contribution is 2.18. The molecule has 1 aromatic rings. The predicted molar refractivity (Wildman–Crippen MR) is 82.8 cm³/mol. The van der Waals surface area contributed by atoms with E-state index in [1.165, 1.54) is 0 Å². The molecule has 1 heterocycles. The van der Waals surface area contributed by atoms with Gasteiger partial charge in [-0.2, -0.15) is 0 Å². The van der Waals surface area contributed by atoms with Crippen molar-refractivity contribution in [3.05, 3.63) is 35.9 Å². The number of β-amino-alcohol motifs (C(OH)–C–C–N with tert-alkyl or cyclic N) is 1. The van der Waals surface area contributed by atoms with Gasteiger partial charge in [0.05, 0.1) is 11.6 Å². The zero-order valence-electron chi connectivity index (χ0n) is 12.7. The Morgan fingerprint density at radius 3 is 2.71 bits per heavy atom. The molecule has 2 unspecified atom stereocenters. The number of nitrogens with one attached hydrogen (secondary N) is 1. The summed E-state index contributed by atoms with van der Waals surface area (Å²) in [5.74, 6) is -0.00224. The van der Waals surface area contributed by atoms with Crippen LogP contribution in [0.3, 0.4) is 0 Å². The van der Waals surface area contributed by atoms with E-state index in [1.807, 2.05) is 49.1 Å². The SMILES string of the molecule is CC1(C)C(=O)NCCN1CC(O)C(N)Cc1ccccc1. The van der Waals surface area contributed by atoms with Crippen molar-refractivity contribution < 1.29 is 9.90 Å². The molecule has 2 rings (SSSR count). The molecular formula is C16H25N3O2. The lowest BCUT2D eigenvalue weighted by molar-refractivity contribution is -0.136. The van der Waals surface area contributed by atoms with Crippen LogP contribution in [0.25, 0.3) is 0 Å². The average Bonchev–Trinajstić information content (AvgIpc) is 2.45. The largest absolute Gasteiger partial charge is 0.390 e. The molecule has 0 saturated carbocycles. The Bertz CT molecular complexity index is 476. The Kier molecular flexibility index (Phi) is 4.98. The Morgan fingerprint density at radius 1 is 1.38 bits per heavy atom. The highest BCUT2D eigenvalue weighted by atomic mass is 16.3. The molecule has 0 bridgehead atoms. The molecule has 2 atom stereocenters. The molecule has 0 aromatic heterocycles. The zero-order valence-corrected chi connectivity index (χ0v) is 12.7. The van der Waals surface area contributed by atoms with Gasteiger partial charge in [0.1, 0.15) is 0 Å². The molecule has 0 aliphatic carbocycles. The third-order valence-corrected chi connectivity index (χ3v) is 4.23. The van der Waals surface area contributed by atoms with Crippen molar-refractivity contribution in [3.63, 3.8) is 0 Å². The van der Waals surface area contributed by atoms with Crippen LogP contribution in [0.4, 0.5) is 0 Å². The van der Waals surface area contributed by atoms with Crippen molar-refractivity contribution in [1.29, 1.82) is 0 Å². The van der Waals surface area contributed by atoms with E-state index in [-0.39, 0.29) is 11.9 Å². The van der Waals surface area contributed by atoms with Crippen molar-refractivity contribution >= 4 is 5.91 Å². The van der Waals surface area contributed by atoms with Gasteiger partial charge in [0, 0.05) is 25.7 Å². The first-order chi connectivity index (χ1) is 9.91. The smallest absolute Gasteiger partial charge is 0.240 e. The van der Waals surface area contributed by atoms with Gasteiger partial charge >= 0.3 is 0 Å². The summed E-state index contributed by atoms with van der Waals surface area (Å²) in [6.45, 7) is 5.50. The lowest BCUT2D eigenvalue weighted by Gasteiger charge is -2.42. The third kappa shape index (κ3) is 3.81. The first-order valence-electron chi connectivity index (χ1n) is 7.42. The number of amides is 1. The molecule has 5 nitrogen and oxygen atoms in total. The molecule has 1 aromatic carbocycles. The van der Waals surface area contributed by atoms with Crippen molar-refractivity contribution in [2.24, 2.45) is 5.73 Å². The van der Waals surface area contributed by atoms with E-state index in [9.17, 15) is 9.90 Å². The third-order valence-electron chi connectivity index (χ3n) is 4.23. The fourth-order valence-electron chi connectivity index (χ4n) is 2.65. The predicted octanol–water partition coefficient (Wildman–Crippen LogP) is 0.128. The topological polar surface area (TPSA) is 78.6 Å². The van der Waals surface area contributed by atoms with Gasteiger partial charge in [0.15, 0.2) is 0 Å². The number of carbonyl (C=O) groups is 1. The van der Waals surface area contributed by atoms with E-state index < -0.39 is 11.6 Å². The lowest BCUT2D eigenvalue weighted by Crippen LogP contribution is -2.64. The molecule has 5 heteroatoms. The quantitative estimate of drug-likeness (QED) is 0.720. The number of aliphatic hydroxyl groups excluding tert-OH is 1. The molecule has 0 spiro atoms. The van der Waals surface area contributed by atoms with Gasteiger partial charge in [0.25, 0.3) is 0 Å². The highest BCUT2D eigenvalue weighted by molar-refractivity contribution is 5.86. The van der Waals surface area contributed by atoms with E-state index in [2.05, 4.69) is 5.32 Å². The van der Waals surface area contributed by atoms with Gasteiger partial charge in [-0.05, 0) is 25.8 Å². The number of carbonyl (C=O) groups excluding carboxylic acids is 1. The van der Waals surface area contributed by atoms with Crippen LogP contribution in [0, 0.1) is 0 Å². The van der Waals surface area contributed by atoms with Gasteiger partial charge in [-0.1, -0.05) is 30.3 Å². The fourth-order valence-corrected chi connectivity index (χ4v) is 2.65. The first-order valence-corrected chi connectivity index (χ1v) is 7.42. The van der Waals surface area contributed by atoms with Crippen molar-refractivity contribution in [2.45, 2.75) is 38.0 Å². The van der Waals surface area contributed by atoms with Gasteiger partial charge in [0.2, 0.25) is 5.91 Å². The summed E-state index contributed by atoms with van der Waals surface area (Å²) in [7, 11) is 0. The molecule has 1 aliphatic heterocycles. The van der Waals surface area contributed by atoms with E-state index in [0.717, 1.165) is 12.1 Å². The minimum Gasteiger partial charge on any atom is -0.390 e. The van der Waals surface area contributed by atoms with Crippen LogP contribution in [0.15, 0.2) is 30.3 Å². The second-order valence-corrected chi connectivity index (χ2v) is 6.18. The number of hydrogen-bond acceptors (Lipinski definition) is 4. The Labute approximate surface area is 126 Å². The summed E-state index contributed by atoms with van der Waals surface area (Å²) in [4.78, 5) is 13.9. The molecule has 21 heavy (non-hydrogen) atoms. The molecule has 1 saturated heterocycles. The summed E-state index contributed by atoms with van der Waals surface area (Å²) in [6.07, 6.45) is -0.0296. The van der Waals surface area contributed by atoms with Gasteiger partial charge in [-0.25, -0.2) is 0 Å². The second kappa shape index (κ2) is 6.56. The molecule has 0 radical (unpaired) electrons. The van der Waals surface area contributed by atoms with Crippen LogP contribution >= 0.6 is 0 Å². The lowest BCUT2D eigenvalue weighted by atomic mass is 9.96. The molecular weight excluding hydrogens is 266 g/mol. The average molecular weight is 291 g/mol. The molecule has 4 N–H and O–H groups in total. The van der Waals surface area contributed by atoms with Crippen molar-refractivity contribution in [3.8, 4) is 0 Å². The van der Waals surface area contributed by atoms with Gasteiger partial charge < -0.3 is 16.2 Å². The van der Waals surface area contributed by atoms with E-state index in [4.69, 9.17) is 5.73 Å². The van der Waals surface area contributed by atoms with Crippen LogP contribution in [0.5, 0.6) is 0 Å². The summed E-state index contributed by atoms with van der Waals surface area (Å²) in [6, 6.07) is 9.56. The monoisotopic (exact) mass is 291 g/mol. The van der Waals surface area contributed by atoms with E-state index >= 15 is 0 Å². The number of hydrogen-bond donors (Lipinski definition) is 3. The van der Waals surface area contributed by atoms with Gasteiger partial charge in [-0.15, -0.1) is 0 Å². The maximum Gasteiger partial charge on any atom is 0.240 e. The van der Waals surface area contributed by atoms with Crippen LogP contribution in [-0.2, 0) is 11.2 Å². The summed E-state index contributed by atoms with van der Waals surface area (Å²) < 4.78 is 0. The minimum atomic E-state index is -0.657. The Balaban J connectivity index is 1.94. The first kappa shape index (κ1) is 15.9. The van der Waals surface area contributed by atoms with Crippen LogP contribution in [-0.4, -0.2) is 53.2 Å². The molecule has 1 fully saturated rings. The fraction of sp³-hybridized carbons (Fsp3) is 0.562. The van der Waals surface area contributed by atoms with Crippen LogP contribution in [0.2, 0.25) is 0 Å². The van der Waals surface area contributed by atoms with E-state index in [0.29, 0.717) is 19.5 Å². The Morgan fingerprint density at radius 2 is 2.05 bits per heavy atom. The maximum absolute atomic E-state index is 11.9. The standard InChI is InChI=1S/C16H25N3O2/c1-16(2)15(21)18-8-9-19(16)11-14(20)13(17)10-12-6-4-3-5-7-12/h3-7,13-14,20H,8-11,17H2,1-2H3,(H,18,21). The van der Waals surface area contributed by atoms with Crippen molar-refractivity contribution in [2.75, 3.05) is 19.6 Å². The van der Waals surface area contributed by atoms with E-state index in [1.54, 1.807) is 0 Å². The minimum absolute atomic E-state index is 0.00224. The summed E-state index contributed by atoms with van der Waals surface area (Å²) >= 11 is 0. The molecule has 1 aliphatic rings. The number of aliphatic hydroxyl groups is 1. The number of rotatable bonds is 5. The molecule has 116 valence electrons. The van der Waals surface area contributed by atoms with Crippen LogP contribution < -0.4 is 11.1 Å². The highest BCUT2D eigenvalue weighted by Gasteiger charge is 2.38. The second-order valence-electron chi connectivity index (χ2n) is 6.18. The number of benzene rings is 1. The number of nitrogens with zero attached hydrogens (tertiary/aromatic N) is 1. The zero-order chi connectivity index (χ0) is 15.5.